The fourth-order valence-electron chi connectivity index (χ4n) is 3.46. The van der Waals surface area contributed by atoms with Crippen molar-refractivity contribution < 1.29 is 19.0 Å². The molecule has 0 fully saturated rings. The number of carbonyl (C=O) groups excluding carboxylic acids is 1. The first kappa shape index (κ1) is 27.2. The first-order chi connectivity index (χ1) is 18.5. The number of hydrogen-bond donors (Lipinski definition) is 1. The number of ether oxygens (including phenoxy) is 3. The van der Waals surface area contributed by atoms with E-state index in [0.717, 1.165) is 21.2 Å². The summed E-state index contributed by atoms with van der Waals surface area (Å²) >= 11 is 9.45. The molecule has 0 aliphatic carbocycles. The highest BCUT2D eigenvalue weighted by atomic mass is 79.9. The molecule has 0 atom stereocenters. The van der Waals surface area contributed by atoms with E-state index in [-0.39, 0.29) is 5.91 Å². The molecule has 1 N–H and O–H groups in total. The quantitative estimate of drug-likeness (QED) is 0.145. The van der Waals surface area contributed by atoms with Crippen molar-refractivity contribution in [1.29, 1.82) is 0 Å². The van der Waals surface area contributed by atoms with Gasteiger partial charge in [-0.05, 0) is 88.1 Å². The molecule has 0 spiro atoms. The second-order valence-corrected chi connectivity index (χ2v) is 9.46. The molecule has 0 aliphatic heterocycles. The molecule has 6 nitrogen and oxygen atoms in total. The van der Waals surface area contributed by atoms with Gasteiger partial charge in [0, 0.05) is 10.6 Å². The predicted molar refractivity (Wildman–Crippen MR) is 153 cm³/mol. The largest absolute Gasteiger partial charge is 0.490 e. The summed E-state index contributed by atoms with van der Waals surface area (Å²) in [6.07, 6.45) is 1.56. The molecule has 4 rings (SSSR count). The second-order valence-electron chi connectivity index (χ2n) is 8.17. The Morgan fingerprint density at radius 3 is 2.24 bits per heavy atom. The van der Waals surface area contributed by atoms with Crippen LogP contribution in [0.2, 0.25) is 5.02 Å². The summed E-state index contributed by atoms with van der Waals surface area (Å²) in [5.74, 6) is 1.40. The number of nitrogens with zero attached hydrogens (tertiary/aromatic N) is 1. The molecular weight excluding hydrogens is 568 g/mol. The van der Waals surface area contributed by atoms with Crippen molar-refractivity contribution in [3.63, 3.8) is 0 Å². The van der Waals surface area contributed by atoms with Gasteiger partial charge in [0.15, 0.2) is 11.5 Å². The molecule has 0 aliphatic rings. The van der Waals surface area contributed by atoms with Gasteiger partial charge in [0.25, 0.3) is 5.91 Å². The number of nitrogens with one attached hydrogen (secondary N) is 1. The van der Waals surface area contributed by atoms with Crippen LogP contribution in [-0.4, -0.2) is 18.7 Å². The Labute approximate surface area is 235 Å². The van der Waals surface area contributed by atoms with Gasteiger partial charge >= 0.3 is 0 Å². The van der Waals surface area contributed by atoms with Gasteiger partial charge in [0.2, 0.25) is 0 Å². The van der Waals surface area contributed by atoms with Gasteiger partial charge in [0.1, 0.15) is 19.0 Å². The van der Waals surface area contributed by atoms with E-state index < -0.39 is 0 Å². The van der Waals surface area contributed by atoms with Gasteiger partial charge in [-0.1, -0.05) is 54.1 Å². The summed E-state index contributed by atoms with van der Waals surface area (Å²) in [5, 5.41) is 4.78. The topological polar surface area (TPSA) is 69.2 Å². The first-order valence-corrected chi connectivity index (χ1v) is 13.1. The van der Waals surface area contributed by atoms with Crippen molar-refractivity contribution in [1.82, 2.24) is 5.43 Å². The van der Waals surface area contributed by atoms with Crippen molar-refractivity contribution in [2.75, 3.05) is 6.61 Å². The molecule has 38 heavy (non-hydrogen) atoms. The van der Waals surface area contributed by atoms with Gasteiger partial charge < -0.3 is 14.2 Å². The summed E-state index contributed by atoms with van der Waals surface area (Å²) in [7, 11) is 0. The number of hydrogen-bond acceptors (Lipinski definition) is 5. The lowest BCUT2D eigenvalue weighted by molar-refractivity contribution is 0.0954. The zero-order chi connectivity index (χ0) is 26.7. The van der Waals surface area contributed by atoms with Gasteiger partial charge in [-0.15, -0.1) is 0 Å². The molecule has 0 unspecified atom stereocenters. The van der Waals surface area contributed by atoms with Gasteiger partial charge in [0.05, 0.1) is 17.3 Å². The lowest BCUT2D eigenvalue weighted by Crippen LogP contribution is -2.17. The van der Waals surface area contributed by atoms with Crippen LogP contribution in [0.5, 0.6) is 17.2 Å². The van der Waals surface area contributed by atoms with E-state index in [1.54, 1.807) is 24.4 Å². The van der Waals surface area contributed by atoms with Crippen LogP contribution in [0.15, 0.2) is 101 Å². The average Bonchev–Trinajstić information content (AvgIpc) is 2.93. The predicted octanol–water partition coefficient (Wildman–Crippen LogP) is 7.42. The lowest BCUT2D eigenvalue weighted by atomic mass is 10.2. The minimum Gasteiger partial charge on any atom is -0.490 e. The van der Waals surface area contributed by atoms with Crippen molar-refractivity contribution in [2.45, 2.75) is 20.1 Å². The first-order valence-electron chi connectivity index (χ1n) is 12.0. The maximum absolute atomic E-state index is 12.7. The van der Waals surface area contributed by atoms with E-state index in [1.807, 2.05) is 79.7 Å². The molecule has 0 heterocycles. The van der Waals surface area contributed by atoms with Gasteiger partial charge in [-0.25, -0.2) is 5.43 Å². The van der Waals surface area contributed by atoms with Crippen LogP contribution in [0.4, 0.5) is 0 Å². The zero-order valence-corrected chi connectivity index (χ0v) is 23.0. The van der Waals surface area contributed by atoms with Crippen LogP contribution >= 0.6 is 27.5 Å². The number of carbonyl (C=O) groups is 1. The zero-order valence-electron chi connectivity index (χ0n) is 20.7. The summed E-state index contributed by atoms with van der Waals surface area (Å²) in [4.78, 5) is 12.7. The molecule has 0 saturated carbocycles. The van der Waals surface area contributed by atoms with Crippen molar-refractivity contribution in [2.24, 2.45) is 5.10 Å². The number of halogens is 2. The van der Waals surface area contributed by atoms with E-state index >= 15 is 0 Å². The minimum absolute atomic E-state index is 0.362. The third-order valence-electron chi connectivity index (χ3n) is 5.39. The van der Waals surface area contributed by atoms with Gasteiger partial charge in [-0.3, -0.25) is 4.79 Å². The van der Waals surface area contributed by atoms with Crippen LogP contribution in [0.3, 0.4) is 0 Å². The maximum atomic E-state index is 12.7. The molecule has 0 saturated heterocycles. The fourth-order valence-corrected chi connectivity index (χ4v) is 4.10. The van der Waals surface area contributed by atoms with Crippen molar-refractivity contribution in [3.8, 4) is 17.2 Å². The van der Waals surface area contributed by atoms with Crippen molar-refractivity contribution >= 4 is 39.7 Å². The number of rotatable bonds is 11. The average molecular weight is 594 g/mol. The van der Waals surface area contributed by atoms with Gasteiger partial charge in [-0.2, -0.15) is 5.10 Å². The summed E-state index contributed by atoms with van der Waals surface area (Å²) in [5.41, 5.74) is 5.80. The van der Waals surface area contributed by atoms with Crippen LogP contribution in [0, 0.1) is 0 Å². The molecule has 0 aromatic heterocycles. The molecule has 8 heteroatoms. The Balaban J connectivity index is 1.34. The van der Waals surface area contributed by atoms with Crippen LogP contribution in [-0.2, 0) is 13.2 Å². The second kappa shape index (κ2) is 13.7. The van der Waals surface area contributed by atoms with E-state index in [2.05, 4.69) is 26.5 Å². The van der Waals surface area contributed by atoms with E-state index in [1.165, 1.54) is 0 Å². The van der Waals surface area contributed by atoms with Crippen LogP contribution in [0.25, 0.3) is 0 Å². The highest BCUT2D eigenvalue weighted by molar-refractivity contribution is 9.10. The summed E-state index contributed by atoms with van der Waals surface area (Å²) in [6, 6.07) is 27.9. The molecule has 0 radical (unpaired) electrons. The third-order valence-corrected chi connectivity index (χ3v) is 6.26. The van der Waals surface area contributed by atoms with E-state index in [9.17, 15) is 4.79 Å². The monoisotopic (exact) mass is 592 g/mol. The Kier molecular flexibility index (Phi) is 9.78. The Morgan fingerprint density at radius 2 is 1.53 bits per heavy atom. The molecule has 4 aromatic rings. The van der Waals surface area contributed by atoms with E-state index in [0.29, 0.717) is 47.7 Å². The minimum atomic E-state index is -0.362. The Morgan fingerprint density at radius 1 is 0.842 bits per heavy atom. The van der Waals surface area contributed by atoms with Crippen LogP contribution in [0.1, 0.15) is 34.0 Å². The van der Waals surface area contributed by atoms with Crippen LogP contribution < -0.4 is 19.6 Å². The lowest BCUT2D eigenvalue weighted by Gasteiger charge is -2.13. The molecule has 194 valence electrons. The molecule has 0 bridgehead atoms. The number of benzene rings is 4. The smallest absolute Gasteiger partial charge is 0.271 e. The normalized spacial score (nSPS) is 10.8. The maximum Gasteiger partial charge on any atom is 0.271 e. The summed E-state index contributed by atoms with van der Waals surface area (Å²) < 4.78 is 18.3. The SMILES string of the molecule is CCOc1cc(C(=O)N/N=C/c2ccc(OCc3ccc(Cl)cc3)c(Br)c2)ccc1OCc1ccccc1. The summed E-state index contributed by atoms with van der Waals surface area (Å²) in [6.45, 7) is 3.14. The fraction of sp³-hybridized carbons (Fsp3) is 0.133. The molecule has 4 aromatic carbocycles. The highest BCUT2D eigenvalue weighted by Crippen LogP contribution is 2.30. The number of amides is 1. The Hall–Kier alpha value is -3.81. The number of hydrazone groups is 1. The Bertz CT molecular complexity index is 1400. The third kappa shape index (κ3) is 7.84. The standard InChI is InChI=1S/C30H26BrClN2O4/c1-2-36-29-17-24(11-15-28(29)38-19-21-6-4-3-5-7-21)30(35)34-33-18-23-10-14-27(26(31)16-23)37-20-22-8-12-25(32)13-9-22/h3-18H,2,19-20H2,1H3,(H,34,35)/b33-18+. The molecular formula is C30H26BrClN2O4. The van der Waals surface area contributed by atoms with Crippen molar-refractivity contribution in [3.05, 3.63) is 123 Å². The molecule has 1 amide bonds. The van der Waals surface area contributed by atoms with E-state index in [4.69, 9.17) is 25.8 Å². The highest BCUT2D eigenvalue weighted by Gasteiger charge is 2.12.